The minimum absolute atomic E-state index is 0.705. The molecule has 0 spiro atoms. The molecule has 1 aromatic rings. The Morgan fingerprint density at radius 3 is 3.12 bits per heavy atom. The van der Waals surface area contributed by atoms with Gasteiger partial charge in [0.05, 0.1) is 7.11 Å². The predicted molar refractivity (Wildman–Crippen MR) is 65.8 cm³/mol. The van der Waals surface area contributed by atoms with Crippen LogP contribution in [0.4, 0.5) is 0 Å². The van der Waals surface area contributed by atoms with Gasteiger partial charge in [-0.25, -0.2) is 0 Å². The molecule has 0 saturated heterocycles. The molecule has 0 saturated carbocycles. The first kappa shape index (κ1) is 9.88. The second-order valence-corrected chi connectivity index (χ2v) is 4.67. The number of aliphatic imine (C=N–C) groups is 1. The van der Waals surface area contributed by atoms with Crippen molar-refractivity contribution in [3.8, 4) is 5.75 Å². The average Bonchev–Trinajstić information content (AvgIpc) is 2.55. The van der Waals surface area contributed by atoms with Gasteiger partial charge >= 0.3 is 0 Å². The highest BCUT2D eigenvalue weighted by Crippen LogP contribution is 2.40. The maximum absolute atomic E-state index is 5.45. The van der Waals surface area contributed by atoms with Gasteiger partial charge in [-0.2, -0.15) is 0 Å². The zero-order chi connectivity index (χ0) is 11.0. The van der Waals surface area contributed by atoms with Crippen LogP contribution in [0.2, 0.25) is 0 Å². The van der Waals surface area contributed by atoms with Crippen molar-refractivity contribution in [3.63, 3.8) is 0 Å². The quantitative estimate of drug-likeness (QED) is 0.705. The smallest absolute Gasteiger partial charge is 0.127 e. The first-order valence-electron chi connectivity index (χ1n) is 6.09. The maximum atomic E-state index is 5.45. The van der Waals surface area contributed by atoms with Crippen LogP contribution in [0.15, 0.2) is 17.1 Å². The Morgan fingerprint density at radius 2 is 2.25 bits per heavy atom. The molecular formula is C14H17NO. The molecule has 2 nitrogen and oxygen atoms in total. The van der Waals surface area contributed by atoms with Crippen LogP contribution in [0.5, 0.6) is 5.75 Å². The van der Waals surface area contributed by atoms with E-state index in [9.17, 15) is 0 Å². The Labute approximate surface area is 96.3 Å². The highest BCUT2D eigenvalue weighted by Gasteiger charge is 2.25. The molecule has 84 valence electrons. The molecule has 0 N–H and O–H groups in total. The number of aryl methyl sites for hydroxylation is 1. The van der Waals surface area contributed by atoms with Crippen LogP contribution >= 0.6 is 0 Å². The largest absolute Gasteiger partial charge is 0.496 e. The Hall–Kier alpha value is -1.31. The number of ether oxygens (including phenoxy) is 1. The normalized spacial score (nSPS) is 22.4. The summed E-state index contributed by atoms with van der Waals surface area (Å²) in [6.07, 6.45) is 7.07. The minimum Gasteiger partial charge on any atom is -0.496 e. The van der Waals surface area contributed by atoms with Crippen molar-refractivity contribution in [2.75, 3.05) is 13.7 Å². The average molecular weight is 215 g/mol. The van der Waals surface area contributed by atoms with Crippen LogP contribution in [0.3, 0.4) is 0 Å². The van der Waals surface area contributed by atoms with Gasteiger partial charge in [-0.1, -0.05) is 6.07 Å². The van der Waals surface area contributed by atoms with Crippen LogP contribution in [-0.4, -0.2) is 19.9 Å². The fourth-order valence-electron chi connectivity index (χ4n) is 3.03. The van der Waals surface area contributed by atoms with Crippen molar-refractivity contribution in [2.45, 2.75) is 31.6 Å². The SMILES string of the molecule is COc1ccc2c3c1C=NCC[C@H]3CCC2. The number of benzene rings is 1. The molecule has 0 aromatic heterocycles. The van der Waals surface area contributed by atoms with Crippen molar-refractivity contribution in [1.82, 2.24) is 0 Å². The number of methoxy groups -OCH3 is 1. The number of rotatable bonds is 1. The molecule has 0 amide bonds. The Morgan fingerprint density at radius 1 is 1.31 bits per heavy atom. The third kappa shape index (κ3) is 1.44. The number of hydrogen-bond acceptors (Lipinski definition) is 2. The first-order chi connectivity index (χ1) is 7.90. The summed E-state index contributed by atoms with van der Waals surface area (Å²) in [5, 5.41) is 0. The van der Waals surface area contributed by atoms with Crippen LogP contribution in [0.25, 0.3) is 0 Å². The fourth-order valence-corrected chi connectivity index (χ4v) is 3.03. The van der Waals surface area contributed by atoms with E-state index in [1.54, 1.807) is 7.11 Å². The lowest BCUT2D eigenvalue weighted by Gasteiger charge is -2.26. The van der Waals surface area contributed by atoms with E-state index < -0.39 is 0 Å². The molecule has 0 radical (unpaired) electrons. The molecule has 1 atom stereocenters. The van der Waals surface area contributed by atoms with Gasteiger partial charge in [0.25, 0.3) is 0 Å². The van der Waals surface area contributed by atoms with Crippen molar-refractivity contribution in [2.24, 2.45) is 4.99 Å². The lowest BCUT2D eigenvalue weighted by molar-refractivity contribution is 0.411. The van der Waals surface area contributed by atoms with E-state index in [1.165, 1.54) is 42.4 Å². The van der Waals surface area contributed by atoms with E-state index >= 15 is 0 Å². The summed E-state index contributed by atoms with van der Waals surface area (Å²) >= 11 is 0. The van der Waals surface area contributed by atoms with Gasteiger partial charge in [0.1, 0.15) is 5.75 Å². The Bertz CT molecular complexity index is 437. The summed E-state index contributed by atoms with van der Waals surface area (Å²) in [7, 11) is 1.74. The zero-order valence-corrected chi connectivity index (χ0v) is 9.70. The molecule has 16 heavy (non-hydrogen) atoms. The molecular weight excluding hydrogens is 198 g/mol. The van der Waals surface area contributed by atoms with Crippen LogP contribution in [0.1, 0.15) is 41.9 Å². The Balaban J connectivity index is 2.22. The lowest BCUT2D eigenvalue weighted by Crippen LogP contribution is -2.12. The van der Waals surface area contributed by atoms with E-state index in [0.29, 0.717) is 5.92 Å². The van der Waals surface area contributed by atoms with Gasteiger partial charge in [-0.15, -0.1) is 0 Å². The van der Waals surface area contributed by atoms with Crippen molar-refractivity contribution in [1.29, 1.82) is 0 Å². The summed E-state index contributed by atoms with van der Waals surface area (Å²) in [6.45, 7) is 0.960. The monoisotopic (exact) mass is 215 g/mol. The van der Waals surface area contributed by atoms with Gasteiger partial charge in [0.15, 0.2) is 0 Å². The molecule has 1 aromatic carbocycles. The summed E-state index contributed by atoms with van der Waals surface area (Å²) in [4.78, 5) is 4.48. The molecule has 2 aliphatic rings. The van der Waals surface area contributed by atoms with E-state index in [4.69, 9.17) is 4.74 Å². The van der Waals surface area contributed by atoms with Crippen molar-refractivity contribution < 1.29 is 4.74 Å². The standard InChI is InChI=1S/C14H17NO/c1-16-13-6-5-10-3-2-4-11-7-8-15-9-12(13)14(10)11/h5-6,9,11H,2-4,7-8H2,1H3/t11-/m1/s1. The molecule has 0 unspecified atom stereocenters. The summed E-state index contributed by atoms with van der Waals surface area (Å²) in [5.74, 6) is 1.69. The van der Waals surface area contributed by atoms with E-state index in [0.717, 1.165) is 12.3 Å². The van der Waals surface area contributed by atoms with Crippen LogP contribution < -0.4 is 4.74 Å². The maximum Gasteiger partial charge on any atom is 0.127 e. The van der Waals surface area contributed by atoms with Crippen molar-refractivity contribution in [3.05, 3.63) is 28.8 Å². The number of nitrogens with zero attached hydrogens (tertiary/aromatic N) is 1. The van der Waals surface area contributed by atoms with Gasteiger partial charge in [-0.3, -0.25) is 4.99 Å². The first-order valence-corrected chi connectivity index (χ1v) is 6.09. The second kappa shape index (κ2) is 3.93. The fraction of sp³-hybridized carbons (Fsp3) is 0.500. The molecule has 3 rings (SSSR count). The second-order valence-electron chi connectivity index (χ2n) is 4.67. The third-order valence-electron chi connectivity index (χ3n) is 3.79. The molecule has 2 heteroatoms. The minimum atomic E-state index is 0.705. The van der Waals surface area contributed by atoms with E-state index in [-0.39, 0.29) is 0 Å². The lowest BCUT2D eigenvalue weighted by atomic mass is 9.79. The number of hydrogen-bond donors (Lipinski definition) is 0. The van der Waals surface area contributed by atoms with Crippen LogP contribution in [-0.2, 0) is 6.42 Å². The van der Waals surface area contributed by atoms with Crippen LogP contribution in [0, 0.1) is 0 Å². The summed E-state index contributed by atoms with van der Waals surface area (Å²) < 4.78 is 5.45. The molecule has 1 aliphatic carbocycles. The van der Waals surface area contributed by atoms with Crippen molar-refractivity contribution >= 4 is 6.21 Å². The Kier molecular flexibility index (Phi) is 2.43. The van der Waals surface area contributed by atoms with Gasteiger partial charge in [0, 0.05) is 18.3 Å². The third-order valence-corrected chi connectivity index (χ3v) is 3.79. The molecule has 0 fully saturated rings. The van der Waals surface area contributed by atoms with Gasteiger partial charge in [-0.05, 0) is 48.8 Å². The summed E-state index contributed by atoms with van der Waals surface area (Å²) in [6, 6.07) is 4.33. The zero-order valence-electron chi connectivity index (χ0n) is 9.70. The molecule has 1 heterocycles. The summed E-state index contributed by atoms with van der Waals surface area (Å²) in [5.41, 5.74) is 4.27. The van der Waals surface area contributed by atoms with E-state index in [2.05, 4.69) is 17.1 Å². The van der Waals surface area contributed by atoms with Gasteiger partial charge < -0.3 is 4.74 Å². The topological polar surface area (TPSA) is 21.6 Å². The molecule has 1 aliphatic heterocycles. The van der Waals surface area contributed by atoms with E-state index in [1.807, 2.05) is 6.21 Å². The molecule has 0 bridgehead atoms. The highest BCUT2D eigenvalue weighted by molar-refractivity contribution is 5.87. The highest BCUT2D eigenvalue weighted by atomic mass is 16.5. The van der Waals surface area contributed by atoms with Gasteiger partial charge in [0.2, 0.25) is 0 Å². The predicted octanol–water partition coefficient (Wildman–Crippen LogP) is 2.94.